The highest BCUT2D eigenvalue weighted by molar-refractivity contribution is 7.89. The molecule has 0 radical (unpaired) electrons. The Morgan fingerprint density at radius 1 is 1.09 bits per heavy atom. The summed E-state index contributed by atoms with van der Waals surface area (Å²) >= 11 is 7.01. The lowest BCUT2D eigenvalue weighted by atomic mass is 10.2. The number of nitrogens with zero attached hydrogens (tertiary/aromatic N) is 1. The van der Waals surface area contributed by atoms with Crippen LogP contribution in [0, 0.1) is 5.82 Å². The normalized spacial score (nSPS) is 14.8. The van der Waals surface area contributed by atoms with Crippen LogP contribution in [0.3, 0.4) is 0 Å². The number of morpholine rings is 1. The molecule has 0 bridgehead atoms. The number of anilines is 1. The number of amides is 1. The quantitative estimate of drug-likeness (QED) is 0.539. The first-order valence-corrected chi connectivity index (χ1v) is 12.2. The fourth-order valence-corrected chi connectivity index (χ4v) is 5.42. The van der Waals surface area contributed by atoms with E-state index in [0.29, 0.717) is 28.2 Å². The molecular formula is C21H18ClFN2O5S2. The fraction of sp³-hybridized carbons (Fsp3) is 0.190. The molecule has 11 heteroatoms. The maximum Gasteiger partial charge on any atom is 0.265 e. The topological polar surface area (TPSA) is 84.9 Å². The lowest BCUT2D eigenvalue weighted by molar-refractivity contribution is 0.0730. The Morgan fingerprint density at radius 2 is 1.81 bits per heavy atom. The Balaban J connectivity index is 1.68. The van der Waals surface area contributed by atoms with E-state index in [2.05, 4.69) is 5.32 Å². The summed E-state index contributed by atoms with van der Waals surface area (Å²) in [5, 5.41) is 2.69. The van der Waals surface area contributed by atoms with Gasteiger partial charge in [0.25, 0.3) is 5.91 Å². The van der Waals surface area contributed by atoms with Crippen LogP contribution in [0.5, 0.6) is 11.5 Å². The molecule has 0 spiro atoms. The molecule has 3 aromatic rings. The number of ether oxygens (including phenoxy) is 2. The average Bonchev–Trinajstić information content (AvgIpc) is 3.23. The van der Waals surface area contributed by atoms with Crippen molar-refractivity contribution in [2.24, 2.45) is 0 Å². The highest BCUT2D eigenvalue weighted by atomic mass is 35.5. The van der Waals surface area contributed by atoms with Gasteiger partial charge in [0.05, 0.1) is 33.0 Å². The predicted octanol–water partition coefficient (Wildman–Crippen LogP) is 4.61. The van der Waals surface area contributed by atoms with Gasteiger partial charge in [-0.05, 0) is 54.6 Å². The van der Waals surface area contributed by atoms with E-state index in [0.717, 1.165) is 11.3 Å². The number of thiophene rings is 1. The Morgan fingerprint density at radius 3 is 2.47 bits per heavy atom. The van der Waals surface area contributed by atoms with Gasteiger partial charge in [-0.15, -0.1) is 11.3 Å². The molecular weight excluding hydrogens is 479 g/mol. The van der Waals surface area contributed by atoms with Crippen LogP contribution in [0.1, 0.15) is 9.67 Å². The number of nitrogens with one attached hydrogen (secondary N) is 1. The molecule has 7 nitrogen and oxygen atoms in total. The van der Waals surface area contributed by atoms with Gasteiger partial charge in [-0.1, -0.05) is 11.6 Å². The number of carbonyl (C=O) groups excluding carboxylic acids is 1. The zero-order chi connectivity index (χ0) is 22.7. The molecule has 0 aliphatic carbocycles. The van der Waals surface area contributed by atoms with Crippen LogP contribution in [0.2, 0.25) is 4.34 Å². The number of benzene rings is 2. The van der Waals surface area contributed by atoms with Crippen molar-refractivity contribution in [1.82, 2.24) is 4.31 Å². The molecule has 1 saturated heterocycles. The average molecular weight is 497 g/mol. The highest BCUT2D eigenvalue weighted by Crippen LogP contribution is 2.34. The molecule has 32 heavy (non-hydrogen) atoms. The third-order valence-electron chi connectivity index (χ3n) is 4.65. The molecule has 1 aliphatic heterocycles. The first-order valence-electron chi connectivity index (χ1n) is 9.55. The molecule has 2 heterocycles. The van der Waals surface area contributed by atoms with Gasteiger partial charge < -0.3 is 14.8 Å². The van der Waals surface area contributed by atoms with Gasteiger partial charge >= 0.3 is 0 Å². The van der Waals surface area contributed by atoms with E-state index in [1.807, 2.05) is 0 Å². The third-order valence-corrected chi connectivity index (χ3v) is 7.77. The van der Waals surface area contributed by atoms with E-state index >= 15 is 0 Å². The molecule has 1 N–H and O–H groups in total. The highest BCUT2D eigenvalue weighted by Gasteiger charge is 2.27. The lowest BCUT2D eigenvalue weighted by Gasteiger charge is -2.26. The summed E-state index contributed by atoms with van der Waals surface area (Å²) in [6.45, 7) is 1.11. The molecule has 0 saturated carbocycles. The molecule has 168 valence electrons. The predicted molar refractivity (Wildman–Crippen MR) is 120 cm³/mol. The Bertz CT molecular complexity index is 1230. The SMILES string of the molecule is O=C(Nc1cc(S(=O)(=O)N2CCOCC2)ccc1Oc1ccc(F)cc1)c1ccc(Cl)s1. The third kappa shape index (κ3) is 5.11. The monoisotopic (exact) mass is 496 g/mol. The van der Waals surface area contributed by atoms with Gasteiger partial charge in [-0.3, -0.25) is 4.79 Å². The van der Waals surface area contributed by atoms with Crippen molar-refractivity contribution in [1.29, 1.82) is 0 Å². The second-order valence-corrected chi connectivity index (χ2v) is 10.4. The molecule has 0 atom stereocenters. The second kappa shape index (κ2) is 9.55. The minimum absolute atomic E-state index is 0.00497. The minimum atomic E-state index is -3.80. The van der Waals surface area contributed by atoms with Gasteiger partial charge in [0.1, 0.15) is 11.6 Å². The van der Waals surface area contributed by atoms with Gasteiger partial charge in [0, 0.05) is 13.1 Å². The van der Waals surface area contributed by atoms with Crippen LogP contribution < -0.4 is 10.1 Å². The zero-order valence-corrected chi connectivity index (χ0v) is 19.0. The summed E-state index contributed by atoms with van der Waals surface area (Å²) in [5.74, 6) is -0.363. The summed E-state index contributed by atoms with van der Waals surface area (Å²) in [7, 11) is -3.80. The summed E-state index contributed by atoms with van der Waals surface area (Å²) in [5.41, 5.74) is 0.151. The van der Waals surface area contributed by atoms with Gasteiger partial charge in [-0.25, -0.2) is 12.8 Å². The molecule has 0 unspecified atom stereocenters. The number of rotatable bonds is 6. The number of carbonyl (C=O) groups is 1. The number of hydrogen-bond donors (Lipinski definition) is 1. The van der Waals surface area contributed by atoms with Gasteiger partial charge in [-0.2, -0.15) is 4.31 Å². The Kier molecular flexibility index (Phi) is 6.77. The number of halogens is 2. The van der Waals surface area contributed by atoms with Gasteiger partial charge in [0.2, 0.25) is 10.0 Å². The maximum absolute atomic E-state index is 13.2. The van der Waals surface area contributed by atoms with Crippen molar-refractivity contribution in [3.05, 3.63) is 69.6 Å². The van der Waals surface area contributed by atoms with Crippen molar-refractivity contribution in [3.8, 4) is 11.5 Å². The van der Waals surface area contributed by atoms with E-state index < -0.39 is 21.7 Å². The van der Waals surface area contributed by atoms with Crippen LogP contribution in [-0.2, 0) is 14.8 Å². The van der Waals surface area contributed by atoms with E-state index in [4.69, 9.17) is 21.1 Å². The number of sulfonamides is 1. The molecule has 1 aromatic heterocycles. The minimum Gasteiger partial charge on any atom is -0.455 e. The van der Waals surface area contributed by atoms with E-state index in [1.165, 1.54) is 46.8 Å². The molecule has 1 amide bonds. The van der Waals surface area contributed by atoms with Gasteiger partial charge in [0.15, 0.2) is 5.75 Å². The first-order chi connectivity index (χ1) is 15.3. The summed E-state index contributed by atoms with van der Waals surface area (Å²) in [4.78, 5) is 13.1. The van der Waals surface area contributed by atoms with Crippen molar-refractivity contribution < 1.29 is 27.1 Å². The summed E-state index contributed by atoms with van der Waals surface area (Å²) in [6.07, 6.45) is 0. The smallest absolute Gasteiger partial charge is 0.265 e. The Hall–Kier alpha value is -2.50. The largest absolute Gasteiger partial charge is 0.455 e. The first kappa shape index (κ1) is 22.7. The van der Waals surface area contributed by atoms with Crippen LogP contribution >= 0.6 is 22.9 Å². The standard InChI is InChI=1S/C21H18ClFN2O5S2/c22-20-8-7-19(31-20)21(26)24-17-13-16(32(27,28)25-9-11-29-12-10-25)5-6-18(17)30-15-3-1-14(23)2-4-15/h1-8,13H,9-12H2,(H,24,26). The zero-order valence-electron chi connectivity index (χ0n) is 16.6. The van der Waals surface area contributed by atoms with Crippen molar-refractivity contribution >= 4 is 44.6 Å². The van der Waals surface area contributed by atoms with Crippen molar-refractivity contribution in [2.45, 2.75) is 4.90 Å². The van der Waals surface area contributed by atoms with Crippen LogP contribution in [0.25, 0.3) is 0 Å². The van der Waals surface area contributed by atoms with E-state index in [9.17, 15) is 17.6 Å². The van der Waals surface area contributed by atoms with Crippen LogP contribution in [0.4, 0.5) is 10.1 Å². The molecule has 1 aliphatic rings. The molecule has 1 fully saturated rings. The maximum atomic E-state index is 13.2. The van der Waals surface area contributed by atoms with Crippen molar-refractivity contribution in [3.63, 3.8) is 0 Å². The summed E-state index contributed by atoms with van der Waals surface area (Å²) in [6, 6.07) is 12.7. The van der Waals surface area contributed by atoms with Crippen LogP contribution in [0.15, 0.2) is 59.5 Å². The number of hydrogen-bond acceptors (Lipinski definition) is 6. The van der Waals surface area contributed by atoms with E-state index in [1.54, 1.807) is 12.1 Å². The second-order valence-electron chi connectivity index (χ2n) is 6.79. The molecule has 4 rings (SSSR count). The molecule has 2 aromatic carbocycles. The van der Waals surface area contributed by atoms with Crippen molar-refractivity contribution in [2.75, 3.05) is 31.6 Å². The fourth-order valence-electron chi connectivity index (χ4n) is 3.04. The van der Waals surface area contributed by atoms with E-state index in [-0.39, 0.29) is 29.4 Å². The lowest BCUT2D eigenvalue weighted by Crippen LogP contribution is -2.40. The Labute approximate surface area is 193 Å². The summed E-state index contributed by atoms with van der Waals surface area (Å²) < 4.78 is 52.2. The van der Waals surface area contributed by atoms with Crippen LogP contribution in [-0.4, -0.2) is 44.9 Å².